The molecule has 1 aromatic heterocycles. The third kappa shape index (κ3) is 3.31. The summed E-state index contributed by atoms with van der Waals surface area (Å²) in [6.45, 7) is 4.94. The first-order chi connectivity index (χ1) is 10.2. The van der Waals surface area contributed by atoms with Gasteiger partial charge in [-0.05, 0) is 31.5 Å². The zero-order valence-corrected chi connectivity index (χ0v) is 12.4. The third-order valence-electron chi connectivity index (χ3n) is 3.40. The largest absolute Gasteiger partial charge is 0.326 e. The second kappa shape index (κ2) is 5.83. The molecule has 0 saturated carbocycles. The molecule has 0 radical (unpaired) electrons. The highest BCUT2D eigenvalue weighted by molar-refractivity contribution is 5.53. The van der Waals surface area contributed by atoms with E-state index in [1.54, 1.807) is 0 Å². The van der Waals surface area contributed by atoms with Crippen molar-refractivity contribution in [3.63, 3.8) is 0 Å². The number of nitrogens with one attached hydrogen (secondary N) is 1. The smallest absolute Gasteiger partial charge is 0.207 e. The van der Waals surface area contributed by atoms with Crippen LogP contribution in [0.5, 0.6) is 0 Å². The molecule has 3 rings (SSSR count). The molecule has 3 aromatic rings. The first-order valence-corrected chi connectivity index (χ1v) is 7.12. The molecule has 1 heterocycles. The summed E-state index contributed by atoms with van der Waals surface area (Å²) >= 11 is 0. The first-order valence-electron chi connectivity index (χ1n) is 7.12. The van der Waals surface area contributed by atoms with Crippen molar-refractivity contribution in [1.82, 2.24) is 9.55 Å². The quantitative estimate of drug-likeness (QED) is 0.771. The number of benzene rings is 2. The minimum Gasteiger partial charge on any atom is -0.326 e. The Kier molecular flexibility index (Phi) is 3.73. The van der Waals surface area contributed by atoms with E-state index in [1.807, 2.05) is 37.3 Å². The van der Waals surface area contributed by atoms with Crippen LogP contribution in [0.2, 0.25) is 0 Å². The zero-order valence-electron chi connectivity index (χ0n) is 12.4. The van der Waals surface area contributed by atoms with Gasteiger partial charge in [-0.2, -0.15) is 0 Å². The summed E-state index contributed by atoms with van der Waals surface area (Å²) in [7, 11) is 0. The molecule has 0 spiro atoms. The SMILES string of the molecule is Cc1ccc(Cn2cc(C)nc2Nc2ccccc2)cc1. The normalized spacial score (nSPS) is 10.6. The number of nitrogens with zero attached hydrogens (tertiary/aromatic N) is 2. The van der Waals surface area contributed by atoms with Gasteiger partial charge in [0.1, 0.15) is 0 Å². The highest BCUT2D eigenvalue weighted by Gasteiger charge is 2.06. The van der Waals surface area contributed by atoms with Gasteiger partial charge in [0.05, 0.1) is 12.2 Å². The lowest BCUT2D eigenvalue weighted by molar-refractivity contribution is 0.807. The van der Waals surface area contributed by atoms with Gasteiger partial charge in [0.2, 0.25) is 5.95 Å². The van der Waals surface area contributed by atoms with Crippen LogP contribution in [-0.4, -0.2) is 9.55 Å². The molecule has 106 valence electrons. The molecular formula is C18H19N3. The van der Waals surface area contributed by atoms with Crippen LogP contribution in [0, 0.1) is 13.8 Å². The molecular weight excluding hydrogens is 258 g/mol. The maximum absolute atomic E-state index is 4.57. The van der Waals surface area contributed by atoms with Gasteiger partial charge in [0.15, 0.2) is 0 Å². The summed E-state index contributed by atoms with van der Waals surface area (Å²) in [4.78, 5) is 4.57. The Labute approximate surface area is 125 Å². The topological polar surface area (TPSA) is 29.9 Å². The average molecular weight is 277 g/mol. The van der Waals surface area contributed by atoms with E-state index in [-0.39, 0.29) is 0 Å². The number of para-hydroxylation sites is 1. The molecule has 0 saturated heterocycles. The Bertz CT molecular complexity index is 712. The standard InChI is InChI=1S/C18H19N3/c1-14-8-10-16(11-9-14)13-21-12-15(2)19-18(21)20-17-6-4-3-5-7-17/h3-12H,13H2,1-2H3,(H,19,20). The molecule has 0 fully saturated rings. The Balaban J connectivity index is 1.84. The van der Waals surface area contributed by atoms with Gasteiger partial charge in [-0.3, -0.25) is 0 Å². The lowest BCUT2D eigenvalue weighted by Gasteiger charge is -2.10. The van der Waals surface area contributed by atoms with Crippen molar-refractivity contribution in [3.8, 4) is 0 Å². The average Bonchev–Trinajstić information content (AvgIpc) is 2.82. The van der Waals surface area contributed by atoms with Crippen molar-refractivity contribution >= 4 is 11.6 Å². The van der Waals surface area contributed by atoms with E-state index in [2.05, 4.69) is 52.3 Å². The minimum atomic E-state index is 0.816. The second-order valence-corrected chi connectivity index (χ2v) is 5.31. The first kappa shape index (κ1) is 13.4. The van der Waals surface area contributed by atoms with Crippen LogP contribution in [0.4, 0.5) is 11.6 Å². The highest BCUT2D eigenvalue weighted by atomic mass is 15.2. The molecule has 21 heavy (non-hydrogen) atoms. The number of aryl methyl sites for hydroxylation is 2. The van der Waals surface area contributed by atoms with E-state index in [0.717, 1.165) is 23.9 Å². The number of anilines is 2. The lowest BCUT2D eigenvalue weighted by Crippen LogP contribution is -2.04. The monoisotopic (exact) mass is 277 g/mol. The zero-order chi connectivity index (χ0) is 14.7. The molecule has 0 unspecified atom stereocenters. The van der Waals surface area contributed by atoms with E-state index in [9.17, 15) is 0 Å². The molecule has 3 nitrogen and oxygen atoms in total. The van der Waals surface area contributed by atoms with Gasteiger partial charge in [0.25, 0.3) is 0 Å². The van der Waals surface area contributed by atoms with E-state index in [4.69, 9.17) is 0 Å². The van der Waals surface area contributed by atoms with Crippen molar-refractivity contribution < 1.29 is 0 Å². The Morgan fingerprint density at radius 3 is 2.38 bits per heavy atom. The van der Waals surface area contributed by atoms with Gasteiger partial charge in [-0.15, -0.1) is 0 Å². The van der Waals surface area contributed by atoms with E-state index < -0.39 is 0 Å². The number of hydrogen-bond donors (Lipinski definition) is 1. The van der Waals surface area contributed by atoms with Gasteiger partial charge >= 0.3 is 0 Å². The Morgan fingerprint density at radius 2 is 1.67 bits per heavy atom. The Morgan fingerprint density at radius 1 is 0.952 bits per heavy atom. The van der Waals surface area contributed by atoms with Crippen LogP contribution in [0.25, 0.3) is 0 Å². The highest BCUT2D eigenvalue weighted by Crippen LogP contribution is 2.17. The van der Waals surface area contributed by atoms with Crippen LogP contribution in [0.3, 0.4) is 0 Å². The van der Waals surface area contributed by atoms with Crippen LogP contribution in [-0.2, 0) is 6.54 Å². The molecule has 1 N–H and O–H groups in total. The van der Waals surface area contributed by atoms with Crippen molar-refractivity contribution in [3.05, 3.63) is 77.6 Å². The van der Waals surface area contributed by atoms with Crippen LogP contribution >= 0.6 is 0 Å². The fourth-order valence-corrected chi connectivity index (χ4v) is 2.31. The van der Waals surface area contributed by atoms with Crippen molar-refractivity contribution in [2.24, 2.45) is 0 Å². The number of aromatic nitrogens is 2. The van der Waals surface area contributed by atoms with Crippen molar-refractivity contribution in [2.45, 2.75) is 20.4 Å². The summed E-state index contributed by atoms with van der Waals surface area (Å²) in [5, 5.41) is 3.38. The minimum absolute atomic E-state index is 0.816. The summed E-state index contributed by atoms with van der Waals surface area (Å²) < 4.78 is 2.15. The molecule has 0 amide bonds. The van der Waals surface area contributed by atoms with Gasteiger partial charge in [-0.1, -0.05) is 48.0 Å². The molecule has 3 heteroatoms. The predicted octanol–water partition coefficient (Wildman–Crippen LogP) is 4.29. The number of rotatable bonds is 4. The molecule has 2 aromatic carbocycles. The molecule has 0 aliphatic rings. The molecule has 0 bridgehead atoms. The van der Waals surface area contributed by atoms with E-state index in [0.29, 0.717) is 0 Å². The molecule has 0 atom stereocenters. The number of hydrogen-bond acceptors (Lipinski definition) is 2. The molecule has 0 aliphatic heterocycles. The predicted molar refractivity (Wildman–Crippen MR) is 87.0 cm³/mol. The van der Waals surface area contributed by atoms with Crippen LogP contribution < -0.4 is 5.32 Å². The van der Waals surface area contributed by atoms with Gasteiger partial charge in [0, 0.05) is 11.9 Å². The summed E-state index contributed by atoms with van der Waals surface area (Å²) in [5.41, 5.74) is 4.62. The fourth-order valence-electron chi connectivity index (χ4n) is 2.31. The van der Waals surface area contributed by atoms with Crippen molar-refractivity contribution in [2.75, 3.05) is 5.32 Å². The maximum Gasteiger partial charge on any atom is 0.207 e. The van der Waals surface area contributed by atoms with E-state index in [1.165, 1.54) is 11.1 Å². The Hall–Kier alpha value is -2.55. The summed E-state index contributed by atoms with van der Waals surface area (Å²) in [6.07, 6.45) is 2.07. The van der Waals surface area contributed by atoms with Crippen molar-refractivity contribution in [1.29, 1.82) is 0 Å². The van der Waals surface area contributed by atoms with Crippen LogP contribution in [0.1, 0.15) is 16.8 Å². The third-order valence-corrected chi connectivity index (χ3v) is 3.40. The maximum atomic E-state index is 4.57. The van der Waals surface area contributed by atoms with E-state index >= 15 is 0 Å². The second-order valence-electron chi connectivity index (χ2n) is 5.31. The fraction of sp³-hybridized carbons (Fsp3) is 0.167. The van der Waals surface area contributed by atoms with Gasteiger partial charge < -0.3 is 9.88 Å². The molecule has 0 aliphatic carbocycles. The lowest BCUT2D eigenvalue weighted by atomic mass is 10.1. The van der Waals surface area contributed by atoms with Crippen LogP contribution in [0.15, 0.2) is 60.8 Å². The number of imidazole rings is 1. The van der Waals surface area contributed by atoms with Gasteiger partial charge in [-0.25, -0.2) is 4.98 Å². The summed E-state index contributed by atoms with van der Waals surface area (Å²) in [5.74, 6) is 0.874. The summed E-state index contributed by atoms with van der Waals surface area (Å²) in [6, 6.07) is 18.7.